The van der Waals surface area contributed by atoms with E-state index >= 15 is 4.39 Å². The van der Waals surface area contributed by atoms with Crippen LogP contribution in [0.5, 0.6) is 0 Å². The summed E-state index contributed by atoms with van der Waals surface area (Å²) in [6, 6.07) is 2.61. The van der Waals surface area contributed by atoms with Gasteiger partial charge in [0.25, 0.3) is 0 Å². The van der Waals surface area contributed by atoms with Crippen molar-refractivity contribution in [2.75, 3.05) is 23.7 Å². The lowest BCUT2D eigenvalue weighted by molar-refractivity contribution is 0.440. The topological polar surface area (TPSA) is 89.9 Å². The third kappa shape index (κ3) is 4.27. The summed E-state index contributed by atoms with van der Waals surface area (Å²) in [6.45, 7) is 6.57. The van der Waals surface area contributed by atoms with Gasteiger partial charge in [-0.15, -0.1) is 0 Å². The van der Waals surface area contributed by atoms with Crippen molar-refractivity contribution in [2.24, 2.45) is 0 Å². The summed E-state index contributed by atoms with van der Waals surface area (Å²) in [5.74, 6) is -8.94. The number of nitrogen functional groups attached to an aromatic ring is 1. The zero-order valence-corrected chi connectivity index (χ0v) is 21.5. The van der Waals surface area contributed by atoms with Crippen LogP contribution in [-0.4, -0.2) is 32.6 Å². The Hall–Kier alpha value is -4.09. The second-order valence-electron chi connectivity index (χ2n) is 9.85. The van der Waals surface area contributed by atoms with Gasteiger partial charge in [-0.2, -0.15) is 4.98 Å². The molecule has 0 atom stereocenters. The van der Waals surface area contributed by atoms with Crippen LogP contribution in [0.3, 0.4) is 0 Å². The fourth-order valence-corrected chi connectivity index (χ4v) is 4.97. The van der Waals surface area contributed by atoms with E-state index in [-0.39, 0.29) is 22.8 Å². The third-order valence-corrected chi connectivity index (χ3v) is 6.92. The van der Waals surface area contributed by atoms with Gasteiger partial charge in [-0.05, 0) is 49.8 Å². The molecule has 0 aliphatic carbocycles. The Morgan fingerprint density at radius 1 is 0.949 bits per heavy atom. The van der Waals surface area contributed by atoms with E-state index in [2.05, 4.69) is 15.0 Å². The van der Waals surface area contributed by atoms with Crippen molar-refractivity contribution in [1.82, 2.24) is 19.5 Å². The van der Waals surface area contributed by atoms with Gasteiger partial charge in [0, 0.05) is 19.3 Å². The maximum absolute atomic E-state index is 15.6. The number of nitrogens with zero attached hydrogens (tertiary/aromatic N) is 5. The number of hydrogen-bond acceptors (Lipinski definition) is 6. The van der Waals surface area contributed by atoms with Crippen LogP contribution in [0, 0.1) is 36.0 Å². The maximum Gasteiger partial charge on any atom is 0.355 e. The lowest BCUT2D eigenvalue weighted by Gasteiger charge is -2.29. The van der Waals surface area contributed by atoms with Gasteiger partial charge in [0.05, 0.1) is 22.3 Å². The third-order valence-electron chi connectivity index (χ3n) is 6.92. The van der Waals surface area contributed by atoms with E-state index in [0.717, 1.165) is 29.9 Å². The molecule has 1 aromatic carbocycles. The zero-order chi connectivity index (χ0) is 28.2. The average Bonchev–Trinajstić information content (AvgIpc) is 2.92. The van der Waals surface area contributed by atoms with E-state index in [9.17, 15) is 22.4 Å². The molecule has 5 rings (SSSR count). The molecule has 0 amide bonds. The number of rotatable bonds is 4. The van der Waals surface area contributed by atoms with Crippen molar-refractivity contribution in [2.45, 2.75) is 46.0 Å². The molecule has 204 valence electrons. The number of anilines is 2. The van der Waals surface area contributed by atoms with Crippen molar-refractivity contribution in [3.8, 4) is 16.9 Å². The highest BCUT2D eigenvalue weighted by Gasteiger charge is 2.30. The van der Waals surface area contributed by atoms with E-state index in [0.29, 0.717) is 30.0 Å². The first-order valence-corrected chi connectivity index (χ1v) is 12.5. The second kappa shape index (κ2) is 9.90. The van der Waals surface area contributed by atoms with Crippen molar-refractivity contribution in [3.63, 3.8) is 0 Å². The monoisotopic (exact) mass is 544 g/mol. The number of pyridine rings is 2. The largest absolute Gasteiger partial charge is 0.394 e. The van der Waals surface area contributed by atoms with Crippen LogP contribution in [0.2, 0.25) is 0 Å². The lowest BCUT2D eigenvalue weighted by Crippen LogP contribution is -2.34. The molecule has 0 radical (unpaired) electrons. The molecule has 0 unspecified atom stereocenters. The molecule has 0 bridgehead atoms. The molecule has 7 nitrogen and oxygen atoms in total. The van der Waals surface area contributed by atoms with E-state index < -0.39 is 51.7 Å². The number of benzene rings is 1. The van der Waals surface area contributed by atoms with Gasteiger partial charge in [0.2, 0.25) is 0 Å². The molecule has 12 heteroatoms. The number of aromatic nitrogens is 4. The summed E-state index contributed by atoms with van der Waals surface area (Å²) in [4.78, 5) is 28.3. The molecular weight excluding hydrogens is 519 g/mol. The minimum atomic E-state index is -2.07. The minimum Gasteiger partial charge on any atom is -0.394 e. The number of aryl methyl sites for hydroxylation is 1. The number of nitrogens with two attached hydrogens (primary N) is 1. The number of halogens is 5. The van der Waals surface area contributed by atoms with Gasteiger partial charge >= 0.3 is 5.69 Å². The average molecular weight is 545 g/mol. The summed E-state index contributed by atoms with van der Waals surface area (Å²) in [5, 5.41) is 0.104. The van der Waals surface area contributed by atoms with Gasteiger partial charge in [-0.25, -0.2) is 36.3 Å². The van der Waals surface area contributed by atoms with Crippen molar-refractivity contribution in [3.05, 3.63) is 69.2 Å². The van der Waals surface area contributed by atoms with Crippen LogP contribution in [0.4, 0.5) is 33.5 Å². The molecular formula is C27H25F5N6O. The first kappa shape index (κ1) is 26.5. The predicted molar refractivity (Wildman–Crippen MR) is 137 cm³/mol. The molecule has 1 aliphatic heterocycles. The standard InChI is InChI=1S/C27H25F5N6O/c1-12(2)22-24(13(3)7-8-34-22)38-26-14(25(36-27(38)39)37-9-5-4-6-10-37)11-15(28)23(35-26)16-17(29)19(31)20(32)21(33)18(16)30/h7-8,11-12H,4-6,9-10,33H2,1-3H3. The van der Waals surface area contributed by atoms with E-state index in [1.54, 1.807) is 19.2 Å². The van der Waals surface area contributed by atoms with Crippen LogP contribution in [-0.2, 0) is 0 Å². The summed E-state index contributed by atoms with van der Waals surface area (Å²) in [5.41, 5.74) is 2.24. The Morgan fingerprint density at radius 3 is 2.31 bits per heavy atom. The first-order chi connectivity index (χ1) is 18.5. The summed E-state index contributed by atoms with van der Waals surface area (Å²) in [6.07, 6.45) is 4.20. The Morgan fingerprint density at radius 2 is 1.64 bits per heavy atom. The van der Waals surface area contributed by atoms with E-state index in [1.165, 1.54) is 0 Å². The van der Waals surface area contributed by atoms with Crippen LogP contribution in [0.1, 0.15) is 50.3 Å². The second-order valence-corrected chi connectivity index (χ2v) is 9.85. The fourth-order valence-electron chi connectivity index (χ4n) is 4.97. The SMILES string of the molecule is Cc1ccnc(C(C)C)c1-n1c(=O)nc(N2CCCCC2)c2cc(F)c(-c3c(F)c(N)c(F)c(F)c3F)nc21. The highest BCUT2D eigenvalue weighted by atomic mass is 19.2. The van der Waals surface area contributed by atoms with Crippen LogP contribution in [0.15, 0.2) is 23.1 Å². The first-order valence-electron chi connectivity index (χ1n) is 12.5. The highest BCUT2D eigenvalue weighted by Crippen LogP contribution is 2.37. The van der Waals surface area contributed by atoms with Crippen LogP contribution < -0.4 is 16.3 Å². The number of piperidine rings is 1. The summed E-state index contributed by atoms with van der Waals surface area (Å²) >= 11 is 0. The smallest absolute Gasteiger partial charge is 0.355 e. The fraction of sp³-hybridized carbons (Fsp3) is 0.333. The maximum atomic E-state index is 15.6. The van der Waals surface area contributed by atoms with Gasteiger partial charge in [0.15, 0.2) is 34.7 Å². The Balaban J connectivity index is 1.94. The molecule has 3 aromatic heterocycles. The highest BCUT2D eigenvalue weighted by molar-refractivity contribution is 5.90. The Labute approximate surface area is 220 Å². The quantitative estimate of drug-likeness (QED) is 0.157. The molecule has 1 saturated heterocycles. The van der Waals surface area contributed by atoms with Gasteiger partial charge in [0.1, 0.15) is 17.2 Å². The molecule has 1 fully saturated rings. The van der Waals surface area contributed by atoms with E-state index in [4.69, 9.17) is 5.73 Å². The van der Waals surface area contributed by atoms with Crippen molar-refractivity contribution < 1.29 is 22.0 Å². The predicted octanol–water partition coefficient (Wildman–Crippen LogP) is 5.54. The zero-order valence-electron chi connectivity index (χ0n) is 21.5. The summed E-state index contributed by atoms with van der Waals surface area (Å²) < 4.78 is 74.7. The van der Waals surface area contributed by atoms with Gasteiger partial charge in [-0.3, -0.25) is 4.98 Å². The van der Waals surface area contributed by atoms with Gasteiger partial charge in [-0.1, -0.05) is 13.8 Å². The molecule has 4 heterocycles. The van der Waals surface area contributed by atoms with E-state index in [1.807, 2.05) is 18.7 Å². The summed E-state index contributed by atoms with van der Waals surface area (Å²) in [7, 11) is 0. The Kier molecular flexibility index (Phi) is 6.73. The molecule has 0 saturated carbocycles. The number of hydrogen-bond donors (Lipinski definition) is 1. The normalized spacial score (nSPS) is 14.0. The lowest BCUT2D eigenvalue weighted by atomic mass is 10.0. The van der Waals surface area contributed by atoms with Gasteiger partial charge < -0.3 is 10.6 Å². The molecule has 39 heavy (non-hydrogen) atoms. The van der Waals surface area contributed by atoms with Crippen LogP contribution >= 0.6 is 0 Å². The molecule has 0 spiro atoms. The molecule has 2 N–H and O–H groups in total. The number of fused-ring (bicyclic) bond motifs is 1. The Bertz CT molecular complexity index is 1650. The van der Waals surface area contributed by atoms with Crippen molar-refractivity contribution in [1.29, 1.82) is 0 Å². The molecule has 1 aliphatic rings. The van der Waals surface area contributed by atoms with Crippen molar-refractivity contribution >= 4 is 22.5 Å². The van der Waals surface area contributed by atoms with Crippen LogP contribution in [0.25, 0.3) is 28.0 Å². The minimum absolute atomic E-state index is 0.104. The molecule has 4 aromatic rings.